The van der Waals surface area contributed by atoms with Gasteiger partial charge in [-0.3, -0.25) is 4.79 Å². The number of nitrogens with one attached hydrogen (secondary N) is 1. The van der Waals surface area contributed by atoms with Crippen molar-refractivity contribution in [3.8, 4) is 0 Å². The van der Waals surface area contributed by atoms with Crippen LogP contribution in [-0.4, -0.2) is 70.3 Å². The molecule has 0 fully saturated rings. The predicted molar refractivity (Wildman–Crippen MR) is 135 cm³/mol. The Hall–Kier alpha value is -2.21. The zero-order chi connectivity index (χ0) is 26.9. The molecule has 0 spiro atoms. The summed E-state index contributed by atoms with van der Waals surface area (Å²) in [7, 11) is 1.50. The van der Waals surface area contributed by atoms with Gasteiger partial charge in [-0.05, 0) is 62.4 Å². The van der Waals surface area contributed by atoms with Gasteiger partial charge in [0.1, 0.15) is 17.7 Å². The number of esters is 1. The molecule has 198 valence electrons. The summed E-state index contributed by atoms with van der Waals surface area (Å²) < 4.78 is 11.0. The summed E-state index contributed by atoms with van der Waals surface area (Å²) in [5, 5.41) is 12.0. The second kappa shape index (κ2) is 13.8. The standard InChI is InChI=1S/C23H36BrN3O7S/c1-8-33-20(31)15(26-22(32)34-23(4,5)6)12-14-16(35-21(24)25-14)10-9-11-17(28)27(7)18(13(2)3)19(29)30/h13,15,18H,8-12H2,1-7H3,(H,26,32)(H,29,30)/t15-,18-/m0/s1. The van der Waals surface area contributed by atoms with Crippen LogP contribution >= 0.6 is 27.3 Å². The van der Waals surface area contributed by atoms with Gasteiger partial charge in [0.2, 0.25) is 5.91 Å². The molecule has 2 N–H and O–H groups in total. The first kappa shape index (κ1) is 30.8. The molecule has 35 heavy (non-hydrogen) atoms. The monoisotopic (exact) mass is 577 g/mol. The third-order valence-electron chi connectivity index (χ3n) is 4.90. The topological polar surface area (TPSA) is 135 Å². The van der Waals surface area contributed by atoms with E-state index in [1.165, 1.54) is 23.3 Å². The van der Waals surface area contributed by atoms with Crippen LogP contribution in [-0.2, 0) is 36.7 Å². The van der Waals surface area contributed by atoms with Gasteiger partial charge in [0.25, 0.3) is 0 Å². The Kier molecular flexibility index (Phi) is 12.1. The van der Waals surface area contributed by atoms with Gasteiger partial charge in [0.05, 0.1) is 12.3 Å². The number of amides is 2. The van der Waals surface area contributed by atoms with Crippen LogP contribution in [0.15, 0.2) is 3.92 Å². The normalized spacial score (nSPS) is 13.2. The van der Waals surface area contributed by atoms with Gasteiger partial charge in [0.15, 0.2) is 3.92 Å². The molecule has 0 aliphatic carbocycles. The average Bonchev–Trinajstić information content (AvgIpc) is 3.04. The molecule has 1 aromatic heterocycles. The van der Waals surface area contributed by atoms with Crippen molar-refractivity contribution in [1.29, 1.82) is 0 Å². The number of alkyl carbamates (subject to hydrolysis) is 1. The number of aryl methyl sites for hydroxylation is 1. The summed E-state index contributed by atoms with van der Waals surface area (Å²) in [6.45, 7) is 10.5. The smallest absolute Gasteiger partial charge is 0.408 e. The Bertz CT molecular complexity index is 898. The zero-order valence-corrected chi connectivity index (χ0v) is 23.7. The second-order valence-corrected chi connectivity index (χ2v) is 11.7. The highest BCUT2D eigenvalue weighted by atomic mass is 79.9. The van der Waals surface area contributed by atoms with Crippen LogP contribution in [0.25, 0.3) is 0 Å². The van der Waals surface area contributed by atoms with E-state index in [-0.39, 0.29) is 31.3 Å². The average molecular weight is 579 g/mol. The minimum absolute atomic E-state index is 0.0950. The molecular formula is C23H36BrN3O7S. The van der Waals surface area contributed by atoms with Gasteiger partial charge in [0, 0.05) is 24.8 Å². The Labute approximate surface area is 218 Å². The maximum Gasteiger partial charge on any atom is 0.408 e. The maximum absolute atomic E-state index is 12.6. The van der Waals surface area contributed by atoms with E-state index in [9.17, 15) is 24.3 Å². The van der Waals surface area contributed by atoms with Gasteiger partial charge in [-0.2, -0.15) is 0 Å². The molecule has 0 radical (unpaired) electrons. The molecule has 0 aromatic carbocycles. The van der Waals surface area contributed by atoms with Crippen LogP contribution < -0.4 is 5.32 Å². The number of likely N-dealkylation sites (N-methyl/N-ethyl adjacent to an activating group) is 1. The minimum Gasteiger partial charge on any atom is -0.480 e. The number of carboxylic acids is 1. The van der Waals surface area contributed by atoms with Crippen LogP contribution in [0.3, 0.4) is 0 Å². The number of carbonyl (C=O) groups excluding carboxylic acids is 3. The molecule has 1 rings (SSSR count). The number of nitrogens with zero attached hydrogens (tertiary/aromatic N) is 2. The van der Waals surface area contributed by atoms with E-state index in [2.05, 4.69) is 26.2 Å². The number of ether oxygens (including phenoxy) is 2. The molecule has 10 nitrogen and oxygen atoms in total. The molecule has 12 heteroatoms. The first-order valence-electron chi connectivity index (χ1n) is 11.4. The Morgan fingerprint density at radius 1 is 1.23 bits per heavy atom. The fourth-order valence-electron chi connectivity index (χ4n) is 3.42. The van der Waals surface area contributed by atoms with Crippen LogP contribution in [0.5, 0.6) is 0 Å². The summed E-state index contributed by atoms with van der Waals surface area (Å²) >= 11 is 4.74. The molecule has 0 unspecified atom stereocenters. The highest BCUT2D eigenvalue weighted by Crippen LogP contribution is 2.26. The van der Waals surface area contributed by atoms with Gasteiger partial charge in [-0.15, -0.1) is 11.3 Å². The molecule has 1 aromatic rings. The van der Waals surface area contributed by atoms with Crippen molar-refractivity contribution < 1.29 is 33.8 Å². The molecular weight excluding hydrogens is 542 g/mol. The summed E-state index contributed by atoms with van der Waals surface area (Å²) in [5.74, 6) is -2.11. The van der Waals surface area contributed by atoms with Crippen molar-refractivity contribution in [2.75, 3.05) is 13.7 Å². The molecule has 2 atom stereocenters. The fourth-order valence-corrected chi connectivity index (χ4v) is 5.07. The van der Waals surface area contributed by atoms with E-state index in [4.69, 9.17) is 9.47 Å². The summed E-state index contributed by atoms with van der Waals surface area (Å²) in [5.41, 5.74) is -0.130. The lowest BCUT2D eigenvalue weighted by molar-refractivity contribution is -0.151. The van der Waals surface area contributed by atoms with E-state index in [0.29, 0.717) is 22.5 Å². The molecule has 0 saturated carbocycles. The maximum atomic E-state index is 12.6. The fraction of sp³-hybridized carbons (Fsp3) is 0.696. The van der Waals surface area contributed by atoms with Crippen LogP contribution in [0, 0.1) is 5.92 Å². The second-order valence-electron chi connectivity index (χ2n) is 9.38. The van der Waals surface area contributed by atoms with E-state index >= 15 is 0 Å². The van der Waals surface area contributed by atoms with E-state index in [1.54, 1.807) is 41.5 Å². The van der Waals surface area contributed by atoms with Gasteiger partial charge < -0.3 is 24.8 Å². The number of halogens is 1. The third kappa shape index (κ3) is 10.5. The molecule has 0 saturated heterocycles. The third-order valence-corrected chi connectivity index (χ3v) is 6.51. The first-order chi connectivity index (χ1) is 16.2. The van der Waals surface area contributed by atoms with Crippen molar-refractivity contribution in [2.45, 2.75) is 84.9 Å². The van der Waals surface area contributed by atoms with E-state index in [0.717, 1.165) is 4.88 Å². The number of carboxylic acid groups (broad SMARTS) is 1. The Balaban J connectivity index is 2.89. The Morgan fingerprint density at radius 3 is 2.37 bits per heavy atom. The lowest BCUT2D eigenvalue weighted by atomic mass is 10.0. The van der Waals surface area contributed by atoms with Crippen molar-refractivity contribution >= 4 is 51.2 Å². The van der Waals surface area contributed by atoms with Crippen molar-refractivity contribution in [3.63, 3.8) is 0 Å². The van der Waals surface area contributed by atoms with Gasteiger partial charge in [-0.25, -0.2) is 19.4 Å². The number of rotatable bonds is 12. The summed E-state index contributed by atoms with van der Waals surface area (Å²) in [4.78, 5) is 55.4. The number of hydrogen-bond donors (Lipinski definition) is 2. The Morgan fingerprint density at radius 2 is 1.86 bits per heavy atom. The molecule has 0 bridgehead atoms. The highest BCUT2D eigenvalue weighted by molar-refractivity contribution is 9.11. The largest absolute Gasteiger partial charge is 0.480 e. The zero-order valence-electron chi connectivity index (χ0n) is 21.3. The number of aromatic nitrogens is 1. The first-order valence-corrected chi connectivity index (χ1v) is 13.1. The predicted octanol–water partition coefficient (Wildman–Crippen LogP) is 3.79. The van der Waals surface area contributed by atoms with Gasteiger partial charge >= 0.3 is 18.0 Å². The van der Waals surface area contributed by atoms with Gasteiger partial charge in [-0.1, -0.05) is 13.8 Å². The number of hydrogen-bond acceptors (Lipinski definition) is 8. The summed E-state index contributed by atoms with van der Waals surface area (Å²) in [6, 6.07) is -1.88. The van der Waals surface area contributed by atoms with Crippen molar-refractivity contribution in [1.82, 2.24) is 15.2 Å². The minimum atomic E-state index is -1.04. The number of aliphatic carboxylic acids is 1. The molecule has 0 aliphatic rings. The van der Waals surface area contributed by atoms with E-state index < -0.39 is 35.7 Å². The number of thiazole rings is 1. The number of carbonyl (C=O) groups is 4. The quantitative estimate of drug-likeness (QED) is 0.358. The lowest BCUT2D eigenvalue weighted by Crippen LogP contribution is -2.45. The van der Waals surface area contributed by atoms with E-state index in [1.807, 2.05) is 0 Å². The summed E-state index contributed by atoms with van der Waals surface area (Å²) in [6.07, 6.45) is 0.494. The molecule has 0 aliphatic heterocycles. The molecule has 2 amide bonds. The molecule has 1 heterocycles. The van der Waals surface area contributed by atoms with Crippen molar-refractivity contribution in [2.24, 2.45) is 5.92 Å². The SMILES string of the molecule is CCOC(=O)[C@H](Cc1nc(Br)sc1CCCC(=O)N(C)[C@H](C(=O)O)C(C)C)NC(=O)OC(C)(C)C. The van der Waals surface area contributed by atoms with Crippen LogP contribution in [0.1, 0.15) is 65.0 Å². The van der Waals surface area contributed by atoms with Crippen LogP contribution in [0.2, 0.25) is 0 Å². The highest BCUT2D eigenvalue weighted by Gasteiger charge is 2.30. The van der Waals surface area contributed by atoms with Crippen LogP contribution in [0.4, 0.5) is 4.79 Å². The lowest BCUT2D eigenvalue weighted by Gasteiger charge is -2.27. The van der Waals surface area contributed by atoms with Crippen molar-refractivity contribution in [3.05, 3.63) is 14.5 Å².